The zero-order valence-corrected chi connectivity index (χ0v) is 13.0. The van der Waals surface area contributed by atoms with Crippen molar-refractivity contribution in [3.63, 3.8) is 0 Å². The molecule has 0 fully saturated rings. The van der Waals surface area contributed by atoms with E-state index >= 15 is 0 Å². The average Bonchev–Trinajstić information content (AvgIpc) is 2.46. The van der Waals surface area contributed by atoms with Crippen molar-refractivity contribution in [2.45, 2.75) is 13.8 Å². The Bertz CT molecular complexity index is 726. The molecule has 21 heavy (non-hydrogen) atoms. The quantitative estimate of drug-likeness (QED) is 0.603. The van der Waals surface area contributed by atoms with Gasteiger partial charge in [0, 0.05) is 0 Å². The van der Waals surface area contributed by atoms with Crippen molar-refractivity contribution in [2.24, 2.45) is 0 Å². The molecule has 2 aromatic rings. The first-order valence-electron chi connectivity index (χ1n) is 6.56. The van der Waals surface area contributed by atoms with Gasteiger partial charge in [-0.15, -0.1) is 0 Å². The predicted octanol–water partition coefficient (Wildman–Crippen LogP) is 2.69. The van der Waals surface area contributed by atoms with Crippen LogP contribution in [-0.4, -0.2) is 20.3 Å². The largest absolute Gasteiger partial charge is 0.495 e. The summed E-state index contributed by atoms with van der Waals surface area (Å²) in [5.41, 5.74) is -0.432. The summed E-state index contributed by atoms with van der Waals surface area (Å²) in [5, 5.41) is 0.335. The van der Waals surface area contributed by atoms with E-state index in [-0.39, 0.29) is 24.3 Å². The number of para-hydroxylation sites is 1. The lowest BCUT2D eigenvalue weighted by molar-refractivity contribution is 0.228. The predicted molar refractivity (Wildman–Crippen MR) is 79.5 cm³/mol. The Kier molecular flexibility index (Phi) is 4.83. The molecular weight excluding hydrogens is 295 g/mol. The van der Waals surface area contributed by atoms with Crippen LogP contribution < -0.4 is 15.7 Å². The molecule has 0 saturated carbocycles. The lowest BCUT2D eigenvalue weighted by Gasteiger charge is -2.18. The van der Waals surface area contributed by atoms with Gasteiger partial charge in [-0.1, -0.05) is 12.1 Å². The van der Waals surface area contributed by atoms with Gasteiger partial charge >= 0.3 is 13.2 Å². The lowest BCUT2D eigenvalue weighted by Crippen LogP contribution is -2.28. The number of hydrogen-bond donors (Lipinski definition) is 0. The van der Waals surface area contributed by atoms with E-state index in [0.29, 0.717) is 11.0 Å². The van der Waals surface area contributed by atoms with Crippen molar-refractivity contribution in [1.82, 2.24) is 0 Å². The Morgan fingerprint density at radius 3 is 2.33 bits per heavy atom. The first-order chi connectivity index (χ1) is 10.1. The second-order valence-electron chi connectivity index (χ2n) is 4.10. The Labute approximate surface area is 122 Å². The smallest absolute Gasteiger partial charge is 0.372 e. The van der Waals surface area contributed by atoms with Crippen molar-refractivity contribution in [3.8, 4) is 5.75 Å². The number of benzene rings is 1. The Morgan fingerprint density at radius 2 is 1.76 bits per heavy atom. The third kappa shape index (κ3) is 2.88. The van der Waals surface area contributed by atoms with E-state index in [2.05, 4.69) is 0 Å². The topological polar surface area (TPSA) is 75.0 Å². The molecule has 0 atom stereocenters. The highest BCUT2D eigenvalue weighted by Crippen LogP contribution is 2.49. The van der Waals surface area contributed by atoms with E-state index in [1.807, 2.05) is 0 Å². The zero-order chi connectivity index (χ0) is 15.5. The second-order valence-corrected chi connectivity index (χ2v) is 6.06. The van der Waals surface area contributed by atoms with Gasteiger partial charge in [0.15, 0.2) is 11.1 Å². The molecule has 0 unspecified atom stereocenters. The molecule has 0 aliphatic rings. The Hall–Kier alpha value is -1.62. The summed E-state index contributed by atoms with van der Waals surface area (Å²) >= 11 is 0. The van der Waals surface area contributed by atoms with Crippen LogP contribution in [0.5, 0.6) is 5.75 Å². The molecule has 0 bridgehead atoms. The summed E-state index contributed by atoms with van der Waals surface area (Å²) in [5.74, 6) is 0.159. The van der Waals surface area contributed by atoms with Crippen LogP contribution in [0.3, 0.4) is 0 Å². The average molecular weight is 312 g/mol. The SMILES string of the molecule is CCOP(=O)(OCC)c1c(OC)c2ccccc2oc1=O. The molecule has 114 valence electrons. The molecule has 1 aromatic carbocycles. The second kappa shape index (κ2) is 6.43. The van der Waals surface area contributed by atoms with Crippen LogP contribution in [0.25, 0.3) is 11.0 Å². The summed E-state index contributed by atoms with van der Waals surface area (Å²) < 4.78 is 33.8. The standard InChI is InChI=1S/C14H17O6P/c1-4-18-21(16,19-5-2)13-12(17-3)10-8-6-7-9-11(10)20-14(13)15/h6-9H,4-5H2,1-3H3. The summed E-state index contributed by atoms with van der Waals surface area (Å²) in [6, 6.07) is 6.84. The van der Waals surface area contributed by atoms with Gasteiger partial charge < -0.3 is 18.2 Å². The van der Waals surface area contributed by atoms with Gasteiger partial charge in [0.25, 0.3) is 0 Å². The van der Waals surface area contributed by atoms with Gasteiger partial charge in [0.05, 0.1) is 25.7 Å². The summed E-state index contributed by atoms with van der Waals surface area (Å²) in [6.45, 7) is 3.60. The van der Waals surface area contributed by atoms with Crippen LogP contribution in [0, 0.1) is 0 Å². The highest BCUT2D eigenvalue weighted by atomic mass is 31.2. The van der Waals surface area contributed by atoms with Gasteiger partial charge in [-0.25, -0.2) is 4.79 Å². The molecule has 6 nitrogen and oxygen atoms in total. The molecule has 0 amide bonds. The fourth-order valence-electron chi connectivity index (χ4n) is 2.06. The zero-order valence-electron chi connectivity index (χ0n) is 12.1. The molecule has 0 saturated heterocycles. The molecule has 2 rings (SSSR count). The molecule has 0 aliphatic carbocycles. The fraction of sp³-hybridized carbons (Fsp3) is 0.357. The number of fused-ring (bicyclic) bond motifs is 1. The molecule has 0 spiro atoms. The molecular formula is C14H17O6P. The number of hydrogen-bond acceptors (Lipinski definition) is 6. The van der Waals surface area contributed by atoms with Crippen LogP contribution in [0.2, 0.25) is 0 Å². The van der Waals surface area contributed by atoms with Gasteiger partial charge in [-0.2, -0.15) is 0 Å². The van der Waals surface area contributed by atoms with Crippen molar-refractivity contribution >= 4 is 23.9 Å². The summed E-state index contributed by atoms with van der Waals surface area (Å²) in [4.78, 5) is 12.2. The van der Waals surface area contributed by atoms with Crippen molar-refractivity contribution in [1.29, 1.82) is 0 Å². The van der Waals surface area contributed by atoms with E-state index in [4.69, 9.17) is 18.2 Å². The minimum Gasteiger partial charge on any atom is -0.495 e. The first-order valence-corrected chi connectivity index (χ1v) is 8.11. The summed E-state index contributed by atoms with van der Waals surface area (Å²) in [6.07, 6.45) is 0. The number of rotatable bonds is 6. The van der Waals surface area contributed by atoms with Gasteiger partial charge in [0.2, 0.25) is 0 Å². The lowest BCUT2D eigenvalue weighted by atomic mass is 10.2. The van der Waals surface area contributed by atoms with Crippen LogP contribution in [0.15, 0.2) is 33.5 Å². The van der Waals surface area contributed by atoms with E-state index in [1.54, 1.807) is 38.1 Å². The number of methoxy groups -OCH3 is 1. The van der Waals surface area contributed by atoms with Gasteiger partial charge in [-0.3, -0.25) is 4.57 Å². The third-order valence-corrected chi connectivity index (χ3v) is 4.95. The van der Waals surface area contributed by atoms with Crippen molar-refractivity contribution in [2.75, 3.05) is 20.3 Å². The van der Waals surface area contributed by atoms with Crippen LogP contribution >= 0.6 is 7.60 Å². The minimum atomic E-state index is -3.80. The van der Waals surface area contributed by atoms with E-state index < -0.39 is 13.2 Å². The maximum atomic E-state index is 12.9. The maximum absolute atomic E-state index is 12.9. The van der Waals surface area contributed by atoms with Gasteiger partial charge in [0.1, 0.15) is 5.58 Å². The molecule has 0 radical (unpaired) electrons. The van der Waals surface area contributed by atoms with E-state index in [0.717, 1.165) is 0 Å². The van der Waals surface area contributed by atoms with Crippen LogP contribution in [0.1, 0.15) is 13.8 Å². The molecule has 7 heteroatoms. The van der Waals surface area contributed by atoms with Crippen molar-refractivity contribution < 1.29 is 22.8 Å². The van der Waals surface area contributed by atoms with Crippen LogP contribution in [0.4, 0.5) is 0 Å². The molecule has 0 N–H and O–H groups in total. The monoisotopic (exact) mass is 312 g/mol. The third-order valence-electron chi connectivity index (χ3n) is 2.82. The Morgan fingerprint density at radius 1 is 1.14 bits per heavy atom. The van der Waals surface area contributed by atoms with Gasteiger partial charge in [-0.05, 0) is 26.0 Å². The highest BCUT2D eigenvalue weighted by Gasteiger charge is 2.36. The fourth-order valence-corrected chi connectivity index (χ4v) is 3.80. The number of ether oxygens (including phenoxy) is 1. The maximum Gasteiger partial charge on any atom is 0.372 e. The van der Waals surface area contributed by atoms with E-state index in [9.17, 15) is 9.36 Å². The van der Waals surface area contributed by atoms with E-state index in [1.165, 1.54) is 7.11 Å². The highest BCUT2D eigenvalue weighted by molar-refractivity contribution is 7.62. The molecule has 1 aromatic heterocycles. The Balaban J connectivity index is 2.81. The summed E-state index contributed by atoms with van der Waals surface area (Å²) in [7, 11) is -2.40. The van der Waals surface area contributed by atoms with Crippen molar-refractivity contribution in [3.05, 3.63) is 34.7 Å². The minimum absolute atomic E-state index is 0.132. The molecule has 1 heterocycles. The molecule has 0 aliphatic heterocycles. The first kappa shape index (κ1) is 15.8. The van der Waals surface area contributed by atoms with Crippen LogP contribution in [-0.2, 0) is 13.6 Å². The normalized spacial score (nSPS) is 11.8.